The quantitative estimate of drug-likeness (QED) is 0.607. The van der Waals surface area contributed by atoms with E-state index >= 15 is 0 Å². The van der Waals surface area contributed by atoms with Crippen LogP contribution < -0.4 is 0 Å². The van der Waals surface area contributed by atoms with Gasteiger partial charge in [-0.2, -0.15) is 13.2 Å². The number of piperazine rings is 1. The summed E-state index contributed by atoms with van der Waals surface area (Å²) >= 11 is 0. The number of carbonyl (C=O) groups excluding carboxylic acids is 1. The van der Waals surface area contributed by atoms with Crippen molar-refractivity contribution in [2.45, 2.75) is 38.9 Å². The average molecular weight is 420 g/mol. The van der Waals surface area contributed by atoms with Gasteiger partial charge in [0, 0.05) is 32.7 Å². The third-order valence-electron chi connectivity index (χ3n) is 4.81. The minimum absolute atomic E-state index is 0.0421. The zero-order valence-corrected chi connectivity index (χ0v) is 16.9. The molecule has 1 aromatic carbocycles. The first-order valence-electron chi connectivity index (χ1n) is 9.47. The number of halogens is 3. The lowest BCUT2D eigenvalue weighted by atomic mass is 10.1. The first kappa shape index (κ1) is 22.7. The number of nitrogens with zero attached hydrogens (tertiary/aromatic N) is 2. The molecule has 1 aliphatic heterocycles. The van der Waals surface area contributed by atoms with E-state index in [1.807, 2.05) is 11.8 Å². The van der Waals surface area contributed by atoms with Gasteiger partial charge in [0.2, 0.25) is 5.91 Å². The van der Waals surface area contributed by atoms with Gasteiger partial charge in [0.1, 0.15) is 5.75 Å². The van der Waals surface area contributed by atoms with E-state index in [-0.39, 0.29) is 11.7 Å². The smallest absolute Gasteiger partial charge is 0.339 e. The van der Waals surface area contributed by atoms with Gasteiger partial charge in [0.05, 0.1) is 11.3 Å². The van der Waals surface area contributed by atoms with Crippen molar-refractivity contribution >= 4 is 15.7 Å². The van der Waals surface area contributed by atoms with Crippen molar-refractivity contribution < 1.29 is 26.4 Å². The Morgan fingerprint density at radius 3 is 2.18 bits per heavy atom. The van der Waals surface area contributed by atoms with E-state index in [9.17, 15) is 26.4 Å². The first-order chi connectivity index (χ1) is 13.1. The lowest BCUT2D eigenvalue weighted by molar-refractivity contribution is -0.137. The molecule has 1 aliphatic rings. The minimum atomic E-state index is -4.35. The topological polar surface area (TPSA) is 57.7 Å². The van der Waals surface area contributed by atoms with Gasteiger partial charge in [-0.1, -0.05) is 31.9 Å². The largest absolute Gasteiger partial charge is 0.416 e. The van der Waals surface area contributed by atoms with Crippen molar-refractivity contribution in [1.29, 1.82) is 0 Å². The molecular formula is C19H27F3N2O3S. The molecule has 28 heavy (non-hydrogen) atoms. The third-order valence-corrected chi connectivity index (χ3v) is 6.41. The van der Waals surface area contributed by atoms with Crippen LogP contribution in [-0.4, -0.2) is 61.8 Å². The summed E-state index contributed by atoms with van der Waals surface area (Å²) in [6.45, 7) is 4.44. The van der Waals surface area contributed by atoms with Gasteiger partial charge in [-0.25, -0.2) is 8.42 Å². The maximum absolute atomic E-state index is 12.6. The Bertz CT molecular complexity index is 741. The third kappa shape index (κ3) is 7.09. The molecule has 1 saturated heterocycles. The molecular weight excluding hydrogens is 393 g/mol. The van der Waals surface area contributed by atoms with E-state index in [4.69, 9.17) is 0 Å². The van der Waals surface area contributed by atoms with Crippen LogP contribution in [0.5, 0.6) is 0 Å². The second-order valence-corrected chi connectivity index (χ2v) is 9.33. The van der Waals surface area contributed by atoms with Crippen LogP contribution in [0.2, 0.25) is 0 Å². The van der Waals surface area contributed by atoms with Crippen LogP contribution in [0.3, 0.4) is 0 Å². The molecule has 0 unspecified atom stereocenters. The van der Waals surface area contributed by atoms with Crippen molar-refractivity contribution in [3.05, 3.63) is 35.4 Å². The molecule has 0 aliphatic carbocycles. The minimum Gasteiger partial charge on any atom is -0.339 e. The van der Waals surface area contributed by atoms with Gasteiger partial charge >= 0.3 is 6.18 Å². The number of hydrogen-bond donors (Lipinski definition) is 0. The summed E-state index contributed by atoms with van der Waals surface area (Å²) in [4.78, 5) is 15.9. The number of sulfone groups is 1. The zero-order chi connectivity index (χ0) is 20.8. The van der Waals surface area contributed by atoms with Crippen LogP contribution in [0.4, 0.5) is 13.2 Å². The number of hydrogen-bond acceptors (Lipinski definition) is 4. The van der Waals surface area contributed by atoms with E-state index in [2.05, 4.69) is 0 Å². The van der Waals surface area contributed by atoms with Gasteiger partial charge in [0.25, 0.3) is 0 Å². The highest BCUT2D eigenvalue weighted by atomic mass is 32.2. The highest BCUT2D eigenvalue weighted by Gasteiger charge is 2.30. The Labute approximate surface area is 164 Å². The number of amides is 1. The Kier molecular flexibility index (Phi) is 7.88. The molecule has 0 spiro atoms. The van der Waals surface area contributed by atoms with Gasteiger partial charge in [0.15, 0.2) is 9.84 Å². The predicted molar refractivity (Wildman–Crippen MR) is 101 cm³/mol. The molecule has 158 valence electrons. The second-order valence-electron chi connectivity index (χ2n) is 7.15. The van der Waals surface area contributed by atoms with Gasteiger partial charge in [-0.3, -0.25) is 9.69 Å². The normalized spacial score (nSPS) is 16.4. The van der Waals surface area contributed by atoms with Crippen molar-refractivity contribution in [2.24, 2.45) is 0 Å². The monoisotopic (exact) mass is 420 g/mol. The molecule has 1 amide bonds. The van der Waals surface area contributed by atoms with Crippen LogP contribution in [-0.2, 0) is 27.4 Å². The van der Waals surface area contributed by atoms with Crippen molar-refractivity contribution in [3.8, 4) is 0 Å². The van der Waals surface area contributed by atoms with Crippen LogP contribution in [0.1, 0.15) is 37.3 Å². The summed E-state index contributed by atoms with van der Waals surface area (Å²) < 4.78 is 61.9. The van der Waals surface area contributed by atoms with Crippen LogP contribution in [0, 0.1) is 0 Å². The lowest BCUT2D eigenvalue weighted by Crippen LogP contribution is -2.49. The fourth-order valence-corrected chi connectivity index (χ4v) is 4.48. The van der Waals surface area contributed by atoms with Gasteiger partial charge in [-0.15, -0.1) is 0 Å². The average Bonchev–Trinajstić information content (AvgIpc) is 2.61. The molecule has 0 bridgehead atoms. The Hall–Kier alpha value is -1.61. The molecule has 0 aromatic heterocycles. The number of rotatable bonds is 8. The van der Waals surface area contributed by atoms with Crippen molar-refractivity contribution in [3.63, 3.8) is 0 Å². The zero-order valence-electron chi connectivity index (χ0n) is 16.0. The fraction of sp³-hybridized carbons (Fsp3) is 0.632. The van der Waals surface area contributed by atoms with E-state index in [0.29, 0.717) is 39.1 Å². The summed E-state index contributed by atoms with van der Waals surface area (Å²) in [6, 6.07) is 5.06. The Balaban J connectivity index is 1.80. The van der Waals surface area contributed by atoms with Gasteiger partial charge in [-0.05, 0) is 24.1 Å². The second kappa shape index (κ2) is 9.73. The molecule has 0 N–H and O–H groups in total. The molecule has 0 saturated carbocycles. The number of benzene rings is 1. The molecule has 1 fully saturated rings. The summed E-state index contributed by atoms with van der Waals surface area (Å²) in [5.74, 6) is -0.776. The molecule has 0 radical (unpaired) electrons. The summed E-state index contributed by atoms with van der Waals surface area (Å²) in [5.41, 5.74) is 0.0955. The summed E-state index contributed by atoms with van der Waals surface area (Å²) in [6.07, 6.45) is -2.02. The molecule has 5 nitrogen and oxygen atoms in total. The van der Waals surface area contributed by atoms with Crippen molar-refractivity contribution in [1.82, 2.24) is 9.80 Å². The Morgan fingerprint density at radius 1 is 1.04 bits per heavy atom. The molecule has 9 heteroatoms. The van der Waals surface area contributed by atoms with E-state index < -0.39 is 27.3 Å². The van der Waals surface area contributed by atoms with Crippen LogP contribution in [0.25, 0.3) is 0 Å². The molecule has 1 heterocycles. The van der Waals surface area contributed by atoms with Crippen molar-refractivity contribution in [2.75, 3.05) is 37.7 Å². The fourth-order valence-electron chi connectivity index (χ4n) is 3.14. The summed E-state index contributed by atoms with van der Waals surface area (Å²) in [5, 5.41) is 0. The number of carbonyl (C=O) groups is 1. The number of alkyl halides is 3. The van der Waals surface area contributed by atoms with E-state index in [1.54, 1.807) is 4.90 Å². The van der Waals surface area contributed by atoms with E-state index in [1.165, 1.54) is 12.1 Å². The number of unbranched alkanes of at least 4 members (excludes halogenated alkanes) is 2. The van der Waals surface area contributed by atoms with Gasteiger partial charge < -0.3 is 4.90 Å². The maximum atomic E-state index is 12.6. The lowest BCUT2D eigenvalue weighted by Gasteiger charge is -2.34. The molecule has 2 rings (SSSR count). The van der Waals surface area contributed by atoms with Crippen LogP contribution >= 0.6 is 0 Å². The Morgan fingerprint density at radius 2 is 1.64 bits per heavy atom. The maximum Gasteiger partial charge on any atom is 0.416 e. The summed E-state index contributed by atoms with van der Waals surface area (Å²) in [7, 11) is -3.38. The molecule has 1 aromatic rings. The standard InChI is InChI=1S/C19H27F3N2O3S/c1-2-3-4-13-28(26,27)15-18(25)24-11-9-23(10-12-24)14-16-5-7-17(8-6-16)19(20,21)22/h5-8H,2-4,9-15H2,1H3. The SMILES string of the molecule is CCCCCS(=O)(=O)CC(=O)N1CCN(Cc2ccc(C(F)(F)F)cc2)CC1. The predicted octanol–water partition coefficient (Wildman–Crippen LogP) is 2.95. The highest BCUT2D eigenvalue weighted by molar-refractivity contribution is 7.92. The highest BCUT2D eigenvalue weighted by Crippen LogP contribution is 2.29. The molecule has 0 atom stereocenters. The first-order valence-corrected chi connectivity index (χ1v) is 11.3. The van der Waals surface area contributed by atoms with E-state index in [0.717, 1.165) is 30.5 Å². The van der Waals surface area contributed by atoms with Crippen LogP contribution in [0.15, 0.2) is 24.3 Å².